The smallest absolute Gasteiger partial charge is 0.228 e. The Hall–Kier alpha value is -3.66. The number of halogens is 2. The predicted molar refractivity (Wildman–Crippen MR) is 103 cm³/mol. The molecule has 0 aliphatic rings. The van der Waals surface area contributed by atoms with Crippen molar-refractivity contribution in [2.24, 2.45) is 0 Å². The Bertz CT molecular complexity index is 1190. The maximum Gasteiger partial charge on any atom is 0.228 e. The number of nitrogen functional groups attached to an aromatic ring is 1. The van der Waals surface area contributed by atoms with Crippen molar-refractivity contribution in [1.82, 2.24) is 24.3 Å². The summed E-state index contributed by atoms with van der Waals surface area (Å²) < 4.78 is 29.5. The molecule has 10 heteroatoms. The number of fused-ring (bicyclic) bond motifs is 1. The number of nitrogens with one attached hydrogen (secondary N) is 1. The second kappa shape index (κ2) is 7.40. The van der Waals surface area contributed by atoms with Gasteiger partial charge in [-0.3, -0.25) is 0 Å². The number of anilines is 2. The fraction of sp³-hybridized carbons (Fsp3) is 0.158. The van der Waals surface area contributed by atoms with Gasteiger partial charge in [0.05, 0.1) is 24.4 Å². The molecule has 0 spiro atoms. The summed E-state index contributed by atoms with van der Waals surface area (Å²) in [4.78, 5) is 16.7. The van der Waals surface area contributed by atoms with Crippen LogP contribution >= 0.6 is 0 Å². The highest BCUT2D eigenvalue weighted by Gasteiger charge is 2.19. The zero-order valence-electron chi connectivity index (χ0n) is 15.3. The molecule has 0 saturated carbocycles. The number of pyridine rings is 1. The molecule has 1 atom stereocenters. The van der Waals surface area contributed by atoms with E-state index in [1.165, 1.54) is 12.1 Å². The zero-order chi connectivity index (χ0) is 20.5. The molecule has 8 nitrogen and oxygen atoms in total. The van der Waals surface area contributed by atoms with Crippen LogP contribution in [0.5, 0.6) is 0 Å². The maximum atomic E-state index is 14.1. The van der Waals surface area contributed by atoms with E-state index in [1.807, 2.05) is 29.7 Å². The second-order valence-electron chi connectivity index (χ2n) is 6.38. The van der Waals surface area contributed by atoms with Gasteiger partial charge in [-0.1, -0.05) is 12.1 Å². The van der Waals surface area contributed by atoms with E-state index < -0.39 is 24.3 Å². The number of aromatic nitrogens is 5. The molecule has 0 radical (unpaired) electrons. The minimum absolute atomic E-state index is 0.0256. The van der Waals surface area contributed by atoms with Crippen molar-refractivity contribution in [1.29, 1.82) is 0 Å². The van der Waals surface area contributed by atoms with Gasteiger partial charge < -0.3 is 20.6 Å². The third-order valence-corrected chi connectivity index (χ3v) is 4.47. The van der Waals surface area contributed by atoms with E-state index in [1.54, 1.807) is 6.20 Å². The first-order valence-corrected chi connectivity index (χ1v) is 8.73. The second-order valence-corrected chi connectivity index (χ2v) is 6.38. The van der Waals surface area contributed by atoms with Gasteiger partial charge in [0.25, 0.3) is 0 Å². The number of aliphatic hydroxyl groups is 1. The van der Waals surface area contributed by atoms with Crippen molar-refractivity contribution in [2.45, 2.75) is 13.0 Å². The number of nitrogens with zero attached hydrogens (tertiary/aromatic N) is 5. The van der Waals surface area contributed by atoms with Crippen LogP contribution in [0, 0.1) is 18.6 Å². The van der Waals surface area contributed by atoms with Crippen LogP contribution in [-0.4, -0.2) is 36.1 Å². The first-order valence-electron chi connectivity index (χ1n) is 8.73. The lowest BCUT2D eigenvalue weighted by atomic mass is 10.1. The topological polar surface area (TPSA) is 114 Å². The predicted octanol–water partition coefficient (Wildman–Crippen LogP) is 2.50. The van der Waals surface area contributed by atoms with Crippen LogP contribution in [-0.2, 0) is 0 Å². The van der Waals surface area contributed by atoms with E-state index in [0.717, 1.165) is 17.4 Å². The number of nitrogens with two attached hydrogens (primary N) is 1. The molecule has 0 saturated heterocycles. The number of imidazole rings is 1. The molecule has 4 aromatic rings. The van der Waals surface area contributed by atoms with Gasteiger partial charge >= 0.3 is 0 Å². The standard InChI is InChI=1S/C19H17F2N7O/c1-10-23-7-12-6-5-11(8-28(10)12)17-25-18(22)27-19(26-17)24-15(9-29)13-3-2-4-14(20)16(13)21/h2-8,15,29H,9H2,1H3,(H3,22,24,25,26,27)/t15-/m0/s1. The van der Waals surface area contributed by atoms with E-state index in [2.05, 4.69) is 25.3 Å². The summed E-state index contributed by atoms with van der Waals surface area (Å²) in [6.07, 6.45) is 3.55. The molecule has 0 aliphatic carbocycles. The maximum absolute atomic E-state index is 14.1. The SMILES string of the molecule is Cc1ncc2ccc(-c3nc(N)nc(N[C@@H](CO)c4cccc(F)c4F)n3)cn12. The number of aryl methyl sites for hydroxylation is 1. The van der Waals surface area contributed by atoms with Crippen LogP contribution in [0.3, 0.4) is 0 Å². The van der Waals surface area contributed by atoms with E-state index >= 15 is 0 Å². The number of rotatable bonds is 5. The number of hydrogen-bond donors (Lipinski definition) is 3. The summed E-state index contributed by atoms with van der Waals surface area (Å²) in [5, 5.41) is 12.5. The third kappa shape index (κ3) is 3.57. The molecule has 3 aromatic heterocycles. The van der Waals surface area contributed by atoms with Gasteiger partial charge in [-0.05, 0) is 25.1 Å². The monoisotopic (exact) mass is 397 g/mol. The van der Waals surface area contributed by atoms with E-state index in [4.69, 9.17) is 5.73 Å². The Balaban J connectivity index is 1.70. The molecule has 148 valence electrons. The van der Waals surface area contributed by atoms with Crippen LogP contribution < -0.4 is 11.1 Å². The molecule has 4 N–H and O–H groups in total. The van der Waals surface area contributed by atoms with Gasteiger partial charge in [0.15, 0.2) is 17.5 Å². The summed E-state index contributed by atoms with van der Waals surface area (Å²) in [6, 6.07) is 6.42. The molecule has 0 fully saturated rings. The van der Waals surface area contributed by atoms with E-state index in [-0.39, 0.29) is 23.3 Å². The molecule has 0 aliphatic heterocycles. The molecule has 29 heavy (non-hydrogen) atoms. The molecular formula is C19H17F2N7O. The lowest BCUT2D eigenvalue weighted by Crippen LogP contribution is -2.19. The highest BCUT2D eigenvalue weighted by molar-refractivity contribution is 5.61. The molecule has 4 rings (SSSR count). The lowest BCUT2D eigenvalue weighted by Gasteiger charge is -2.18. The van der Waals surface area contributed by atoms with Crippen molar-refractivity contribution in [2.75, 3.05) is 17.7 Å². The van der Waals surface area contributed by atoms with Crippen molar-refractivity contribution >= 4 is 17.4 Å². The van der Waals surface area contributed by atoms with Gasteiger partial charge in [-0.25, -0.2) is 13.8 Å². The zero-order valence-corrected chi connectivity index (χ0v) is 15.3. The van der Waals surface area contributed by atoms with Crippen LogP contribution in [0.2, 0.25) is 0 Å². The van der Waals surface area contributed by atoms with Crippen LogP contribution in [0.1, 0.15) is 17.4 Å². The van der Waals surface area contributed by atoms with Crippen LogP contribution in [0.15, 0.2) is 42.7 Å². The van der Waals surface area contributed by atoms with Gasteiger partial charge in [-0.2, -0.15) is 15.0 Å². The Kier molecular flexibility index (Phi) is 4.77. The van der Waals surface area contributed by atoms with E-state index in [0.29, 0.717) is 5.56 Å². The van der Waals surface area contributed by atoms with Gasteiger partial charge in [0, 0.05) is 17.3 Å². The molecular weight excluding hydrogens is 380 g/mol. The van der Waals surface area contributed by atoms with Crippen molar-refractivity contribution in [3.63, 3.8) is 0 Å². The summed E-state index contributed by atoms with van der Waals surface area (Å²) in [5.74, 6) is -1.02. The number of hydrogen-bond acceptors (Lipinski definition) is 7. The van der Waals surface area contributed by atoms with Crippen molar-refractivity contribution in [3.8, 4) is 11.4 Å². The molecule has 0 amide bonds. The highest BCUT2D eigenvalue weighted by Crippen LogP contribution is 2.24. The minimum atomic E-state index is -1.05. The average Bonchev–Trinajstić information content (AvgIpc) is 3.08. The average molecular weight is 397 g/mol. The van der Waals surface area contributed by atoms with Crippen molar-refractivity contribution in [3.05, 3.63) is 65.7 Å². The molecule has 1 aromatic carbocycles. The third-order valence-electron chi connectivity index (χ3n) is 4.47. The minimum Gasteiger partial charge on any atom is -0.394 e. The van der Waals surface area contributed by atoms with Gasteiger partial charge in [0.1, 0.15) is 5.82 Å². The Labute approximate surface area is 164 Å². The Morgan fingerprint density at radius 1 is 1.17 bits per heavy atom. The Morgan fingerprint density at radius 3 is 2.79 bits per heavy atom. The largest absolute Gasteiger partial charge is 0.394 e. The molecule has 0 bridgehead atoms. The Morgan fingerprint density at radius 2 is 2.00 bits per heavy atom. The summed E-state index contributed by atoms with van der Waals surface area (Å²) in [7, 11) is 0. The fourth-order valence-corrected chi connectivity index (χ4v) is 3.00. The quantitative estimate of drug-likeness (QED) is 0.474. The van der Waals surface area contributed by atoms with Crippen LogP contribution in [0.4, 0.5) is 20.7 Å². The fourth-order valence-electron chi connectivity index (χ4n) is 3.00. The number of benzene rings is 1. The summed E-state index contributed by atoms with van der Waals surface area (Å²) in [5.41, 5.74) is 7.33. The molecule has 0 unspecified atom stereocenters. The summed E-state index contributed by atoms with van der Waals surface area (Å²) >= 11 is 0. The van der Waals surface area contributed by atoms with Gasteiger partial charge in [-0.15, -0.1) is 0 Å². The van der Waals surface area contributed by atoms with E-state index in [9.17, 15) is 13.9 Å². The van der Waals surface area contributed by atoms with Gasteiger partial charge in [0.2, 0.25) is 11.9 Å². The first-order chi connectivity index (χ1) is 14.0. The number of aliphatic hydroxyl groups excluding tert-OH is 1. The van der Waals surface area contributed by atoms with Crippen molar-refractivity contribution < 1.29 is 13.9 Å². The lowest BCUT2D eigenvalue weighted by molar-refractivity contribution is 0.272. The molecule has 3 heterocycles. The normalized spacial score (nSPS) is 12.3. The van der Waals surface area contributed by atoms with Crippen LogP contribution in [0.25, 0.3) is 16.9 Å². The summed E-state index contributed by atoms with van der Waals surface area (Å²) in [6.45, 7) is 1.35. The first kappa shape index (κ1) is 18.7. The highest BCUT2D eigenvalue weighted by atomic mass is 19.2.